The third kappa shape index (κ3) is 2.15. The fourth-order valence-corrected chi connectivity index (χ4v) is 2.93. The molecule has 0 N–H and O–H groups in total. The van der Waals surface area contributed by atoms with E-state index in [1.807, 2.05) is 11.5 Å². The van der Waals surface area contributed by atoms with E-state index in [2.05, 4.69) is 0 Å². The van der Waals surface area contributed by atoms with Crippen molar-refractivity contribution >= 4 is 39.1 Å². The lowest BCUT2D eigenvalue weighted by Gasteiger charge is -2.07. The predicted molar refractivity (Wildman–Crippen MR) is 72.7 cm³/mol. The summed E-state index contributed by atoms with van der Waals surface area (Å²) in [4.78, 5) is 23.9. The number of esters is 1. The number of carbonyl (C=O) groups is 1. The molecule has 2 aromatic heterocycles. The Labute approximate surface area is 113 Å². The molecule has 2 aromatic rings. The molecule has 0 aromatic carbocycles. The van der Waals surface area contributed by atoms with Gasteiger partial charge in [-0.25, -0.2) is 4.79 Å². The van der Waals surface area contributed by atoms with Crippen molar-refractivity contribution in [2.24, 2.45) is 0 Å². The molecule has 0 saturated carbocycles. The van der Waals surface area contributed by atoms with E-state index in [1.54, 1.807) is 13.0 Å². The monoisotopic (exact) mass is 285 g/mol. The standard InChI is InChI=1S/C12H12ClNO3S/c1-3-14-6-7(12(16)17-4-2)10(15)11-8(14)5-9(13)18-11/h5-6H,3-4H2,1-2H3. The van der Waals surface area contributed by atoms with Gasteiger partial charge in [0.05, 0.1) is 16.5 Å². The van der Waals surface area contributed by atoms with Crippen molar-refractivity contribution in [3.05, 3.63) is 32.4 Å². The summed E-state index contributed by atoms with van der Waals surface area (Å²) in [5.41, 5.74) is 0.500. The normalized spacial score (nSPS) is 10.8. The molecule has 0 aliphatic rings. The average Bonchev–Trinajstić information content (AvgIpc) is 2.72. The van der Waals surface area contributed by atoms with E-state index in [0.717, 1.165) is 5.52 Å². The number of nitrogens with zero attached hydrogens (tertiary/aromatic N) is 1. The molecule has 0 spiro atoms. The van der Waals surface area contributed by atoms with Gasteiger partial charge in [-0.15, -0.1) is 11.3 Å². The molecule has 18 heavy (non-hydrogen) atoms. The van der Waals surface area contributed by atoms with E-state index in [9.17, 15) is 9.59 Å². The number of ether oxygens (including phenoxy) is 1. The van der Waals surface area contributed by atoms with Crippen LogP contribution in [0.25, 0.3) is 10.2 Å². The first-order valence-electron chi connectivity index (χ1n) is 5.58. The van der Waals surface area contributed by atoms with Gasteiger partial charge in [0.2, 0.25) is 5.43 Å². The lowest BCUT2D eigenvalue weighted by atomic mass is 10.2. The lowest BCUT2D eigenvalue weighted by Crippen LogP contribution is -2.19. The first-order valence-corrected chi connectivity index (χ1v) is 6.77. The van der Waals surface area contributed by atoms with Crippen molar-refractivity contribution in [1.29, 1.82) is 0 Å². The summed E-state index contributed by atoms with van der Waals surface area (Å²) in [6.07, 6.45) is 1.53. The maximum absolute atomic E-state index is 12.2. The summed E-state index contributed by atoms with van der Waals surface area (Å²) in [7, 11) is 0. The van der Waals surface area contributed by atoms with Gasteiger partial charge in [-0.1, -0.05) is 11.6 Å². The Hall–Kier alpha value is -1.33. The molecule has 96 valence electrons. The van der Waals surface area contributed by atoms with E-state index in [1.165, 1.54) is 17.5 Å². The summed E-state index contributed by atoms with van der Waals surface area (Å²) in [5.74, 6) is -0.587. The molecule has 0 bridgehead atoms. The van der Waals surface area contributed by atoms with Crippen LogP contribution in [0.2, 0.25) is 4.34 Å². The van der Waals surface area contributed by atoms with E-state index < -0.39 is 5.97 Å². The largest absolute Gasteiger partial charge is 0.462 e. The average molecular weight is 286 g/mol. The van der Waals surface area contributed by atoms with Gasteiger partial charge >= 0.3 is 5.97 Å². The highest BCUT2D eigenvalue weighted by atomic mass is 35.5. The van der Waals surface area contributed by atoms with Gasteiger partial charge in [-0.2, -0.15) is 0 Å². The number of halogens is 1. The van der Waals surface area contributed by atoms with E-state index >= 15 is 0 Å². The van der Waals surface area contributed by atoms with Crippen LogP contribution in [0.1, 0.15) is 24.2 Å². The quantitative estimate of drug-likeness (QED) is 0.815. The topological polar surface area (TPSA) is 48.3 Å². The number of pyridine rings is 1. The van der Waals surface area contributed by atoms with Gasteiger partial charge in [0.1, 0.15) is 10.3 Å². The van der Waals surface area contributed by atoms with Crippen molar-refractivity contribution in [1.82, 2.24) is 4.57 Å². The highest BCUT2D eigenvalue weighted by molar-refractivity contribution is 7.22. The number of fused-ring (bicyclic) bond motifs is 1. The Balaban J connectivity index is 2.72. The minimum absolute atomic E-state index is 0.0599. The molecule has 2 rings (SSSR count). The van der Waals surface area contributed by atoms with Crippen LogP contribution in [0.3, 0.4) is 0 Å². The number of hydrogen-bond acceptors (Lipinski definition) is 4. The molecular weight excluding hydrogens is 274 g/mol. The maximum Gasteiger partial charge on any atom is 0.343 e. The van der Waals surface area contributed by atoms with E-state index in [-0.39, 0.29) is 17.6 Å². The number of aromatic nitrogens is 1. The summed E-state index contributed by atoms with van der Waals surface area (Å²) in [5, 5.41) is 0. The Morgan fingerprint density at radius 1 is 1.50 bits per heavy atom. The second-order valence-corrected chi connectivity index (χ2v) is 5.33. The van der Waals surface area contributed by atoms with Crippen LogP contribution < -0.4 is 5.43 Å². The summed E-state index contributed by atoms with van der Waals surface area (Å²) in [6, 6.07) is 1.74. The van der Waals surface area contributed by atoms with Crippen LogP contribution in [0, 0.1) is 0 Å². The highest BCUT2D eigenvalue weighted by Gasteiger charge is 2.17. The summed E-state index contributed by atoms with van der Waals surface area (Å²) < 4.78 is 7.73. The predicted octanol–water partition coefficient (Wildman–Crippen LogP) is 2.91. The van der Waals surface area contributed by atoms with Crippen LogP contribution in [0.15, 0.2) is 17.1 Å². The Morgan fingerprint density at radius 3 is 2.83 bits per heavy atom. The fourth-order valence-electron chi connectivity index (χ4n) is 1.75. The van der Waals surface area contributed by atoms with Crippen LogP contribution in [-0.4, -0.2) is 17.1 Å². The number of hydrogen-bond donors (Lipinski definition) is 0. The number of aryl methyl sites for hydroxylation is 1. The van der Waals surface area contributed by atoms with Crippen molar-refractivity contribution in [3.8, 4) is 0 Å². The highest BCUT2D eigenvalue weighted by Crippen LogP contribution is 2.27. The van der Waals surface area contributed by atoms with Crippen LogP contribution >= 0.6 is 22.9 Å². The second kappa shape index (κ2) is 5.12. The fraction of sp³-hybridized carbons (Fsp3) is 0.333. The molecule has 0 radical (unpaired) electrons. The molecule has 0 unspecified atom stereocenters. The van der Waals surface area contributed by atoms with Crippen molar-refractivity contribution < 1.29 is 9.53 Å². The summed E-state index contributed by atoms with van der Waals surface area (Å²) >= 11 is 7.11. The van der Waals surface area contributed by atoms with Gasteiger partial charge in [-0.05, 0) is 19.9 Å². The molecule has 6 heteroatoms. The maximum atomic E-state index is 12.2. The van der Waals surface area contributed by atoms with Gasteiger partial charge in [0.15, 0.2) is 0 Å². The third-order valence-electron chi connectivity index (χ3n) is 2.56. The Kier molecular flexibility index (Phi) is 3.73. The van der Waals surface area contributed by atoms with E-state index in [4.69, 9.17) is 16.3 Å². The first-order chi connectivity index (χ1) is 8.58. The van der Waals surface area contributed by atoms with Crippen LogP contribution in [0.5, 0.6) is 0 Å². The molecule has 2 heterocycles. The zero-order valence-corrected chi connectivity index (χ0v) is 11.6. The molecule has 0 aliphatic heterocycles. The minimum Gasteiger partial charge on any atom is -0.462 e. The van der Waals surface area contributed by atoms with Crippen molar-refractivity contribution in [2.75, 3.05) is 6.61 Å². The van der Waals surface area contributed by atoms with E-state index in [0.29, 0.717) is 15.6 Å². The summed E-state index contributed by atoms with van der Waals surface area (Å²) in [6.45, 7) is 4.53. The first kappa shape index (κ1) is 13.1. The van der Waals surface area contributed by atoms with Gasteiger partial charge in [0.25, 0.3) is 0 Å². The lowest BCUT2D eigenvalue weighted by molar-refractivity contribution is 0.0524. The minimum atomic E-state index is -0.587. The molecule has 0 aliphatic carbocycles. The molecule has 4 nitrogen and oxygen atoms in total. The van der Waals surface area contributed by atoms with Gasteiger partial charge < -0.3 is 9.30 Å². The van der Waals surface area contributed by atoms with Crippen LogP contribution in [-0.2, 0) is 11.3 Å². The molecule has 0 atom stereocenters. The van der Waals surface area contributed by atoms with Crippen molar-refractivity contribution in [3.63, 3.8) is 0 Å². The Morgan fingerprint density at radius 2 is 2.22 bits per heavy atom. The molecule has 0 fully saturated rings. The number of rotatable bonds is 3. The zero-order valence-electron chi connectivity index (χ0n) is 10.0. The Bertz CT molecular complexity index is 659. The zero-order chi connectivity index (χ0) is 13.3. The van der Waals surface area contributed by atoms with Crippen molar-refractivity contribution in [2.45, 2.75) is 20.4 Å². The van der Waals surface area contributed by atoms with Gasteiger partial charge in [-0.3, -0.25) is 4.79 Å². The third-order valence-corrected chi connectivity index (χ3v) is 3.82. The number of carbonyl (C=O) groups excluding carboxylic acids is 1. The van der Waals surface area contributed by atoms with Gasteiger partial charge in [0, 0.05) is 12.7 Å². The molecule has 0 amide bonds. The molecule has 0 saturated heterocycles. The smallest absolute Gasteiger partial charge is 0.343 e. The number of thiophene rings is 1. The molecular formula is C12H12ClNO3S. The van der Waals surface area contributed by atoms with Crippen LogP contribution in [0.4, 0.5) is 0 Å². The SMILES string of the molecule is CCOC(=O)c1cn(CC)c2cc(Cl)sc2c1=O. The second-order valence-electron chi connectivity index (χ2n) is 3.64.